The van der Waals surface area contributed by atoms with Crippen molar-refractivity contribution in [3.8, 4) is 0 Å². The Bertz CT molecular complexity index is 610. The van der Waals surface area contributed by atoms with Gasteiger partial charge in [-0.25, -0.2) is 0 Å². The Hall–Kier alpha value is -0.650. The summed E-state index contributed by atoms with van der Waals surface area (Å²) in [5.74, 6) is -0.652. The van der Waals surface area contributed by atoms with Crippen LogP contribution >= 0.6 is 0 Å². The number of carboxylic acid groups (broad SMARTS) is 1. The van der Waals surface area contributed by atoms with Crippen molar-refractivity contribution >= 4 is 5.97 Å². The largest absolute Gasteiger partial charge is 0.481 e. The Kier molecular flexibility index (Phi) is 50.8. The van der Waals surface area contributed by atoms with Gasteiger partial charge in [0.1, 0.15) is 0 Å². The Morgan fingerprint density at radius 1 is 0.333 bits per heavy atom. The number of hydrogen-bond acceptors (Lipinski definition) is 4. The quantitative estimate of drug-likeness (QED) is 0.0545. The molecule has 0 aliphatic carbocycles. The summed E-state index contributed by atoms with van der Waals surface area (Å²) in [4.78, 5) is 12.5. The lowest BCUT2D eigenvalue weighted by atomic mass is 10.0. The first-order chi connectivity index (χ1) is 25.1. The highest BCUT2D eigenvalue weighted by Crippen LogP contribution is 2.16. The number of aliphatic hydroxyl groups excluding tert-OH is 2. The average Bonchev–Trinajstić information content (AvgIpc) is 3.12. The number of aliphatic carboxylic acids is 1. The molecule has 0 unspecified atom stereocenters. The van der Waals surface area contributed by atoms with Gasteiger partial charge in [-0.3, -0.25) is 9.69 Å². The van der Waals surface area contributed by atoms with Gasteiger partial charge in [-0.05, 0) is 19.4 Å². The number of nitrogens with zero attached hydrogens (tertiary/aromatic N) is 1. The van der Waals surface area contributed by atoms with Crippen LogP contribution in [0.3, 0.4) is 0 Å². The lowest BCUT2D eigenvalue weighted by Gasteiger charge is -2.19. The number of carbonyl (C=O) groups is 1. The van der Waals surface area contributed by atoms with Crippen molar-refractivity contribution in [3.63, 3.8) is 0 Å². The van der Waals surface area contributed by atoms with E-state index in [1.165, 1.54) is 225 Å². The zero-order valence-electron chi connectivity index (χ0n) is 35.1. The molecule has 0 amide bonds. The predicted molar refractivity (Wildman–Crippen MR) is 225 cm³/mol. The Balaban J connectivity index is 0. The van der Waals surface area contributed by atoms with Crippen molar-refractivity contribution in [2.75, 3.05) is 32.8 Å². The zero-order chi connectivity index (χ0) is 37.6. The summed E-state index contributed by atoms with van der Waals surface area (Å²) in [6, 6.07) is 0. The molecule has 0 bridgehead atoms. The van der Waals surface area contributed by atoms with Gasteiger partial charge in [-0.15, -0.1) is 0 Å². The second-order valence-corrected chi connectivity index (χ2v) is 15.8. The van der Waals surface area contributed by atoms with Crippen molar-refractivity contribution in [1.82, 2.24) is 4.90 Å². The van der Waals surface area contributed by atoms with Crippen LogP contribution in [0.2, 0.25) is 0 Å². The fourth-order valence-electron chi connectivity index (χ4n) is 7.21. The highest BCUT2D eigenvalue weighted by atomic mass is 16.4. The number of hydrogen-bond donors (Lipinski definition) is 3. The molecule has 0 saturated carbocycles. The van der Waals surface area contributed by atoms with E-state index < -0.39 is 5.97 Å². The van der Waals surface area contributed by atoms with E-state index in [0.29, 0.717) is 19.5 Å². The van der Waals surface area contributed by atoms with E-state index in [9.17, 15) is 4.79 Å². The monoisotopic (exact) mass is 726 g/mol. The first-order valence-electron chi connectivity index (χ1n) is 23.3. The van der Waals surface area contributed by atoms with Crippen LogP contribution in [-0.2, 0) is 4.79 Å². The van der Waals surface area contributed by atoms with E-state index in [2.05, 4.69) is 18.7 Å². The normalized spacial score (nSPS) is 11.3. The number of carboxylic acids is 1. The third kappa shape index (κ3) is 51.5. The first kappa shape index (κ1) is 52.5. The highest BCUT2D eigenvalue weighted by molar-refractivity contribution is 5.66. The molecule has 0 aromatic rings. The molecule has 308 valence electrons. The molecule has 0 aliphatic heterocycles. The Labute approximate surface area is 320 Å². The highest BCUT2D eigenvalue weighted by Gasteiger charge is 2.03. The van der Waals surface area contributed by atoms with Gasteiger partial charge in [-0.2, -0.15) is 0 Å². The lowest BCUT2D eigenvalue weighted by Crippen LogP contribution is -2.30. The van der Waals surface area contributed by atoms with Gasteiger partial charge in [0.15, 0.2) is 0 Å². The molecule has 0 spiro atoms. The predicted octanol–water partition coefficient (Wildman–Crippen LogP) is 14.2. The second kappa shape index (κ2) is 49.4. The number of rotatable bonds is 43. The minimum absolute atomic E-state index is 0.194. The van der Waals surface area contributed by atoms with E-state index in [4.69, 9.17) is 15.3 Å². The topological polar surface area (TPSA) is 81.0 Å². The van der Waals surface area contributed by atoms with Crippen LogP contribution in [0.4, 0.5) is 0 Å². The Morgan fingerprint density at radius 3 is 0.765 bits per heavy atom. The van der Waals surface area contributed by atoms with Gasteiger partial charge in [0.05, 0.1) is 13.2 Å². The van der Waals surface area contributed by atoms with Crippen LogP contribution in [0.15, 0.2) is 0 Å². The van der Waals surface area contributed by atoms with Gasteiger partial charge in [0.2, 0.25) is 0 Å². The van der Waals surface area contributed by atoms with E-state index >= 15 is 0 Å². The first-order valence-corrected chi connectivity index (χ1v) is 23.3. The van der Waals surface area contributed by atoms with Gasteiger partial charge in [0.25, 0.3) is 0 Å². The molecule has 0 radical (unpaired) electrons. The van der Waals surface area contributed by atoms with Gasteiger partial charge in [0, 0.05) is 19.5 Å². The SMILES string of the molecule is CCCCCCCCCCCCCCCCCCCC(=O)O.CCCCCCCCCCCCCCCCCCCCCCN(CCO)CCO. The van der Waals surface area contributed by atoms with Gasteiger partial charge >= 0.3 is 5.97 Å². The van der Waals surface area contributed by atoms with Gasteiger partial charge in [-0.1, -0.05) is 239 Å². The number of unbranched alkanes of at least 4 members (excludes halogenated alkanes) is 35. The maximum absolute atomic E-state index is 10.4. The van der Waals surface area contributed by atoms with Crippen LogP contribution in [-0.4, -0.2) is 59.0 Å². The molecule has 0 aromatic carbocycles. The minimum atomic E-state index is -0.652. The lowest BCUT2D eigenvalue weighted by molar-refractivity contribution is -0.137. The van der Waals surface area contributed by atoms with Crippen molar-refractivity contribution < 1.29 is 20.1 Å². The molecule has 0 fully saturated rings. The molecule has 3 N–H and O–H groups in total. The van der Waals surface area contributed by atoms with Crippen molar-refractivity contribution in [1.29, 1.82) is 0 Å². The van der Waals surface area contributed by atoms with E-state index in [1.807, 2.05) is 0 Å². The standard InChI is InChI=1S/C26H55NO2.C20H40O2/c1-2-3-4-5-6-7-8-9-10-11-12-13-14-15-16-17-18-19-20-21-22-27(23-25-28)24-26-29;1-2-3-4-5-6-7-8-9-10-11-12-13-14-15-16-17-18-19-20(21)22/h28-29H,2-26H2,1H3;2-19H2,1H3,(H,21,22). The zero-order valence-corrected chi connectivity index (χ0v) is 35.1. The maximum atomic E-state index is 10.4. The van der Waals surface area contributed by atoms with Gasteiger partial charge < -0.3 is 15.3 Å². The Morgan fingerprint density at radius 2 is 0.549 bits per heavy atom. The molecule has 0 rings (SSSR count). The molecular weight excluding hydrogens is 631 g/mol. The van der Waals surface area contributed by atoms with E-state index in [0.717, 1.165) is 19.4 Å². The van der Waals surface area contributed by atoms with Crippen molar-refractivity contribution in [3.05, 3.63) is 0 Å². The molecule has 0 saturated heterocycles. The van der Waals surface area contributed by atoms with Crippen LogP contribution in [0.25, 0.3) is 0 Å². The summed E-state index contributed by atoms with van der Waals surface area (Å²) in [7, 11) is 0. The van der Waals surface area contributed by atoms with Crippen LogP contribution in [0.1, 0.15) is 258 Å². The summed E-state index contributed by atoms with van der Waals surface area (Å²) in [5.41, 5.74) is 0. The van der Waals surface area contributed by atoms with E-state index in [-0.39, 0.29) is 13.2 Å². The summed E-state index contributed by atoms with van der Waals surface area (Å²) in [5, 5.41) is 26.5. The fraction of sp³-hybridized carbons (Fsp3) is 0.978. The summed E-state index contributed by atoms with van der Waals surface area (Å²) < 4.78 is 0. The third-order valence-electron chi connectivity index (χ3n) is 10.7. The molecule has 0 atom stereocenters. The molecular formula is C46H95NO4. The molecule has 0 heterocycles. The average molecular weight is 726 g/mol. The minimum Gasteiger partial charge on any atom is -0.481 e. The van der Waals surface area contributed by atoms with Crippen LogP contribution in [0.5, 0.6) is 0 Å². The molecule has 0 aliphatic rings. The summed E-state index contributed by atoms with van der Waals surface area (Å²) in [6.45, 7) is 7.36. The smallest absolute Gasteiger partial charge is 0.303 e. The third-order valence-corrected chi connectivity index (χ3v) is 10.7. The maximum Gasteiger partial charge on any atom is 0.303 e. The molecule has 5 heteroatoms. The van der Waals surface area contributed by atoms with E-state index in [1.54, 1.807) is 0 Å². The molecule has 51 heavy (non-hydrogen) atoms. The summed E-state index contributed by atoms with van der Waals surface area (Å²) >= 11 is 0. The summed E-state index contributed by atoms with van der Waals surface area (Å²) in [6.07, 6.45) is 51.4. The van der Waals surface area contributed by atoms with Crippen LogP contribution in [0, 0.1) is 0 Å². The molecule has 5 nitrogen and oxygen atoms in total. The van der Waals surface area contributed by atoms with Crippen molar-refractivity contribution in [2.45, 2.75) is 258 Å². The fourth-order valence-corrected chi connectivity index (χ4v) is 7.21. The second-order valence-electron chi connectivity index (χ2n) is 15.8. The van der Waals surface area contributed by atoms with Crippen LogP contribution < -0.4 is 0 Å². The molecule has 0 aromatic heterocycles. The number of aliphatic hydroxyl groups is 2. The van der Waals surface area contributed by atoms with Crippen molar-refractivity contribution in [2.24, 2.45) is 0 Å².